The number of nitrogens with zero attached hydrogens (tertiary/aromatic N) is 3. The van der Waals surface area contributed by atoms with Gasteiger partial charge < -0.3 is 19.5 Å². The molecule has 0 saturated heterocycles. The van der Waals surface area contributed by atoms with Crippen molar-refractivity contribution in [1.82, 2.24) is 14.5 Å². The van der Waals surface area contributed by atoms with E-state index in [4.69, 9.17) is 4.74 Å². The molecule has 2 amide bonds. The van der Waals surface area contributed by atoms with Crippen LogP contribution in [0.2, 0.25) is 0 Å². The summed E-state index contributed by atoms with van der Waals surface area (Å²) in [5.41, 5.74) is 2.29. The van der Waals surface area contributed by atoms with Crippen molar-refractivity contribution in [3.63, 3.8) is 0 Å². The molecule has 4 rings (SSSR count). The molecule has 0 saturated carbocycles. The number of fused-ring (bicyclic) bond motifs is 1. The van der Waals surface area contributed by atoms with Crippen molar-refractivity contribution in [3.05, 3.63) is 90.0 Å². The first-order valence-corrected chi connectivity index (χ1v) is 10.9. The molecule has 34 heavy (non-hydrogen) atoms. The number of aryl methyl sites for hydroxylation is 1. The molecule has 0 spiro atoms. The van der Waals surface area contributed by atoms with Crippen LogP contribution in [0.1, 0.15) is 23.1 Å². The predicted molar refractivity (Wildman–Crippen MR) is 128 cm³/mol. The topological polar surface area (TPSA) is 76.5 Å². The Morgan fingerprint density at radius 3 is 2.53 bits per heavy atom. The zero-order valence-electron chi connectivity index (χ0n) is 19.0. The first-order chi connectivity index (χ1) is 16.5. The lowest BCUT2D eigenvalue weighted by atomic mass is 10.1. The van der Waals surface area contributed by atoms with Gasteiger partial charge in [0.25, 0.3) is 11.8 Å². The van der Waals surface area contributed by atoms with E-state index in [1.807, 2.05) is 31.2 Å². The van der Waals surface area contributed by atoms with Gasteiger partial charge in [0.15, 0.2) is 6.61 Å². The number of amides is 2. The molecule has 7 nitrogen and oxygen atoms in total. The SMILES string of the molecule is CCn1c(CN(C)C(=O)c2ccccc2OCC(=O)Nc2ccccc2F)nc2ccccc21. The van der Waals surface area contributed by atoms with Gasteiger partial charge in [-0.05, 0) is 43.3 Å². The van der Waals surface area contributed by atoms with E-state index in [2.05, 4.69) is 14.9 Å². The van der Waals surface area contributed by atoms with E-state index in [9.17, 15) is 14.0 Å². The fraction of sp³-hybridized carbons (Fsp3) is 0.192. The van der Waals surface area contributed by atoms with Crippen LogP contribution in [0.15, 0.2) is 72.8 Å². The second kappa shape index (κ2) is 10.2. The third-order valence-electron chi connectivity index (χ3n) is 5.40. The van der Waals surface area contributed by atoms with Crippen LogP contribution in [0, 0.1) is 5.82 Å². The summed E-state index contributed by atoms with van der Waals surface area (Å²) in [6.07, 6.45) is 0. The molecule has 1 heterocycles. The lowest BCUT2D eigenvalue weighted by Crippen LogP contribution is -2.28. The molecule has 0 aliphatic rings. The van der Waals surface area contributed by atoms with E-state index in [1.54, 1.807) is 42.3 Å². The Balaban J connectivity index is 1.46. The van der Waals surface area contributed by atoms with Crippen molar-refractivity contribution in [1.29, 1.82) is 0 Å². The molecular weight excluding hydrogens is 435 g/mol. The van der Waals surface area contributed by atoms with Crippen molar-refractivity contribution in [2.24, 2.45) is 0 Å². The zero-order chi connectivity index (χ0) is 24.1. The Hall–Kier alpha value is -4.20. The Morgan fingerprint density at radius 1 is 1.03 bits per heavy atom. The third-order valence-corrected chi connectivity index (χ3v) is 5.40. The molecule has 1 N–H and O–H groups in total. The summed E-state index contributed by atoms with van der Waals surface area (Å²) in [6, 6.07) is 20.4. The smallest absolute Gasteiger partial charge is 0.262 e. The average molecular weight is 461 g/mol. The second-order valence-corrected chi connectivity index (χ2v) is 7.74. The van der Waals surface area contributed by atoms with Crippen LogP contribution < -0.4 is 10.1 Å². The van der Waals surface area contributed by atoms with Gasteiger partial charge in [-0.1, -0.05) is 36.4 Å². The summed E-state index contributed by atoms with van der Waals surface area (Å²) in [7, 11) is 1.70. The van der Waals surface area contributed by atoms with Gasteiger partial charge in [0.05, 0.1) is 28.8 Å². The van der Waals surface area contributed by atoms with Gasteiger partial charge >= 0.3 is 0 Å². The molecule has 0 radical (unpaired) electrons. The van der Waals surface area contributed by atoms with Gasteiger partial charge in [0.2, 0.25) is 0 Å². The molecule has 0 atom stereocenters. The minimum Gasteiger partial charge on any atom is -0.483 e. The van der Waals surface area contributed by atoms with E-state index >= 15 is 0 Å². The van der Waals surface area contributed by atoms with Crippen molar-refractivity contribution >= 4 is 28.5 Å². The van der Waals surface area contributed by atoms with E-state index < -0.39 is 11.7 Å². The fourth-order valence-corrected chi connectivity index (χ4v) is 3.75. The molecule has 0 fully saturated rings. The minimum absolute atomic E-state index is 0.0685. The third kappa shape index (κ3) is 4.91. The lowest BCUT2D eigenvalue weighted by molar-refractivity contribution is -0.118. The Morgan fingerprint density at radius 2 is 1.74 bits per heavy atom. The first-order valence-electron chi connectivity index (χ1n) is 10.9. The maximum absolute atomic E-state index is 13.8. The highest BCUT2D eigenvalue weighted by atomic mass is 19.1. The lowest BCUT2D eigenvalue weighted by Gasteiger charge is -2.19. The summed E-state index contributed by atoms with van der Waals surface area (Å²) in [6.45, 7) is 2.71. The number of rotatable bonds is 8. The van der Waals surface area contributed by atoms with Crippen molar-refractivity contribution < 1.29 is 18.7 Å². The monoisotopic (exact) mass is 460 g/mol. The predicted octanol–water partition coefficient (Wildman–Crippen LogP) is 4.49. The fourth-order valence-electron chi connectivity index (χ4n) is 3.75. The van der Waals surface area contributed by atoms with Crippen LogP contribution in [0.3, 0.4) is 0 Å². The van der Waals surface area contributed by atoms with E-state index in [0.29, 0.717) is 12.1 Å². The maximum Gasteiger partial charge on any atom is 0.262 e. The number of imidazole rings is 1. The zero-order valence-corrected chi connectivity index (χ0v) is 19.0. The number of halogens is 1. The Labute approximate surface area is 196 Å². The molecule has 1 aromatic heterocycles. The van der Waals surface area contributed by atoms with Gasteiger partial charge in [-0.25, -0.2) is 9.37 Å². The van der Waals surface area contributed by atoms with Crippen LogP contribution in [-0.2, 0) is 17.9 Å². The Kier molecular flexibility index (Phi) is 6.87. The Bertz CT molecular complexity index is 1330. The van der Waals surface area contributed by atoms with Gasteiger partial charge in [-0.15, -0.1) is 0 Å². The number of carbonyl (C=O) groups is 2. The summed E-state index contributed by atoms with van der Waals surface area (Å²) in [5.74, 6) is -0.280. The summed E-state index contributed by atoms with van der Waals surface area (Å²) < 4.78 is 21.5. The normalized spacial score (nSPS) is 10.8. The van der Waals surface area contributed by atoms with Gasteiger partial charge in [-0.3, -0.25) is 9.59 Å². The van der Waals surface area contributed by atoms with Crippen LogP contribution >= 0.6 is 0 Å². The number of ether oxygens (including phenoxy) is 1. The minimum atomic E-state index is -0.536. The van der Waals surface area contributed by atoms with Gasteiger partial charge in [0.1, 0.15) is 17.4 Å². The van der Waals surface area contributed by atoms with E-state index in [-0.39, 0.29) is 24.0 Å². The van der Waals surface area contributed by atoms with Crippen molar-refractivity contribution in [2.45, 2.75) is 20.0 Å². The molecular formula is C26H25FN4O3. The summed E-state index contributed by atoms with van der Waals surface area (Å²) >= 11 is 0. The number of aromatic nitrogens is 2. The standard InChI is InChI=1S/C26H25FN4O3/c1-3-31-22-14-8-7-13-21(22)28-24(31)16-30(2)26(33)18-10-4-9-15-23(18)34-17-25(32)29-20-12-6-5-11-19(20)27/h4-15H,3,16-17H2,1-2H3,(H,29,32). The molecule has 174 valence electrons. The maximum atomic E-state index is 13.8. The number of carbonyl (C=O) groups excluding carboxylic acids is 2. The van der Waals surface area contributed by atoms with Crippen molar-refractivity contribution in [3.8, 4) is 5.75 Å². The average Bonchev–Trinajstić information content (AvgIpc) is 3.20. The highest BCUT2D eigenvalue weighted by Crippen LogP contribution is 2.22. The van der Waals surface area contributed by atoms with E-state index in [0.717, 1.165) is 23.4 Å². The van der Waals surface area contributed by atoms with Crippen LogP contribution in [0.4, 0.5) is 10.1 Å². The van der Waals surface area contributed by atoms with Crippen LogP contribution in [0.25, 0.3) is 11.0 Å². The summed E-state index contributed by atoms with van der Waals surface area (Å²) in [4.78, 5) is 31.7. The highest BCUT2D eigenvalue weighted by Gasteiger charge is 2.20. The molecule has 4 aromatic rings. The largest absolute Gasteiger partial charge is 0.483 e. The van der Waals surface area contributed by atoms with Gasteiger partial charge in [-0.2, -0.15) is 0 Å². The highest BCUT2D eigenvalue weighted by molar-refractivity contribution is 5.97. The molecule has 0 bridgehead atoms. The summed E-state index contributed by atoms with van der Waals surface area (Å²) in [5, 5.41) is 2.46. The molecule has 0 aliphatic carbocycles. The van der Waals surface area contributed by atoms with Gasteiger partial charge in [0, 0.05) is 13.6 Å². The molecule has 0 aliphatic heterocycles. The molecule has 0 unspecified atom stereocenters. The molecule has 3 aromatic carbocycles. The van der Waals surface area contributed by atoms with E-state index in [1.165, 1.54) is 18.2 Å². The quantitative estimate of drug-likeness (QED) is 0.421. The first kappa shape index (κ1) is 23.0. The number of hydrogen-bond acceptors (Lipinski definition) is 4. The number of para-hydroxylation sites is 4. The molecule has 8 heteroatoms. The van der Waals surface area contributed by atoms with Crippen LogP contribution in [0.5, 0.6) is 5.75 Å². The number of benzene rings is 3. The number of hydrogen-bond donors (Lipinski definition) is 1. The second-order valence-electron chi connectivity index (χ2n) is 7.74. The number of nitrogens with one attached hydrogen (secondary N) is 1. The van der Waals surface area contributed by atoms with Crippen molar-refractivity contribution in [2.75, 3.05) is 19.0 Å². The number of anilines is 1. The van der Waals surface area contributed by atoms with Crippen LogP contribution in [-0.4, -0.2) is 39.9 Å².